The van der Waals surface area contributed by atoms with Crippen LogP contribution in [0.4, 0.5) is 0 Å². The van der Waals surface area contributed by atoms with Gasteiger partial charge in [-0.25, -0.2) is 18.7 Å². The Kier molecular flexibility index (Phi) is 4.29. The van der Waals surface area contributed by atoms with Crippen LogP contribution in [0.15, 0.2) is 30.3 Å². The van der Waals surface area contributed by atoms with Crippen molar-refractivity contribution in [2.24, 2.45) is 0 Å². The summed E-state index contributed by atoms with van der Waals surface area (Å²) in [5.41, 5.74) is 2.08. The van der Waals surface area contributed by atoms with Gasteiger partial charge in [0.05, 0.1) is 16.6 Å². The fourth-order valence-corrected chi connectivity index (χ4v) is 3.73. The largest absolute Gasteiger partial charge is 0.478 e. The van der Waals surface area contributed by atoms with Gasteiger partial charge in [-0.3, -0.25) is 0 Å². The van der Waals surface area contributed by atoms with E-state index in [0.717, 1.165) is 13.8 Å². The number of hydrogen-bond donors (Lipinski definition) is 1. The molecule has 1 aromatic carbocycles. The number of aromatic nitrogens is 3. The first-order chi connectivity index (χ1) is 12.1. The molecule has 0 amide bonds. The van der Waals surface area contributed by atoms with Crippen molar-refractivity contribution in [1.82, 2.24) is 18.2 Å². The van der Waals surface area contributed by atoms with E-state index in [-0.39, 0.29) is 17.1 Å². The van der Waals surface area contributed by atoms with Gasteiger partial charge in [-0.15, -0.1) is 0 Å². The standard InChI is InChI=1S/C17H18N4O4S/c1-10-6-5-7-13-14(10)19-16(21(13)26(24,25)20(3)4)15-12(17(22)23)9-8-11(2)18-15/h5-9H,1-4H3,(H,22,23). The lowest BCUT2D eigenvalue weighted by Gasteiger charge is -2.16. The molecule has 0 aliphatic rings. The van der Waals surface area contributed by atoms with Crippen molar-refractivity contribution in [3.63, 3.8) is 0 Å². The van der Waals surface area contributed by atoms with E-state index in [1.807, 2.05) is 13.0 Å². The molecule has 0 aliphatic heterocycles. The highest BCUT2D eigenvalue weighted by atomic mass is 32.2. The van der Waals surface area contributed by atoms with Gasteiger partial charge >= 0.3 is 16.2 Å². The summed E-state index contributed by atoms with van der Waals surface area (Å²) < 4.78 is 28.0. The van der Waals surface area contributed by atoms with Gasteiger partial charge in [0.1, 0.15) is 5.69 Å². The first-order valence-electron chi connectivity index (χ1n) is 7.77. The molecule has 2 aromatic heterocycles. The third-order valence-corrected chi connectivity index (χ3v) is 5.77. The fourth-order valence-electron chi connectivity index (χ4n) is 2.66. The zero-order valence-corrected chi connectivity index (χ0v) is 15.6. The maximum absolute atomic E-state index is 13.0. The summed E-state index contributed by atoms with van der Waals surface area (Å²) in [7, 11) is -1.15. The van der Waals surface area contributed by atoms with E-state index in [1.54, 1.807) is 25.1 Å². The van der Waals surface area contributed by atoms with Gasteiger partial charge in [0, 0.05) is 19.8 Å². The molecule has 9 heteroatoms. The molecule has 0 saturated heterocycles. The lowest BCUT2D eigenvalue weighted by molar-refractivity contribution is 0.0697. The molecule has 26 heavy (non-hydrogen) atoms. The Morgan fingerprint density at radius 1 is 1.12 bits per heavy atom. The topological polar surface area (TPSA) is 105 Å². The van der Waals surface area contributed by atoms with Crippen LogP contribution in [-0.2, 0) is 10.2 Å². The van der Waals surface area contributed by atoms with Gasteiger partial charge in [-0.2, -0.15) is 12.7 Å². The van der Waals surface area contributed by atoms with Crippen LogP contribution in [0.3, 0.4) is 0 Å². The maximum Gasteiger partial charge on any atom is 0.338 e. The lowest BCUT2D eigenvalue weighted by Crippen LogP contribution is -2.29. The Morgan fingerprint density at radius 2 is 1.81 bits per heavy atom. The smallest absolute Gasteiger partial charge is 0.338 e. The Balaban J connectivity index is 2.51. The highest BCUT2D eigenvalue weighted by Gasteiger charge is 2.28. The summed E-state index contributed by atoms with van der Waals surface area (Å²) >= 11 is 0. The molecule has 0 radical (unpaired) electrons. The number of aryl methyl sites for hydroxylation is 2. The lowest BCUT2D eigenvalue weighted by atomic mass is 10.1. The zero-order valence-electron chi connectivity index (χ0n) is 14.8. The molecular weight excluding hydrogens is 356 g/mol. The first-order valence-corrected chi connectivity index (χ1v) is 9.16. The molecule has 0 spiro atoms. The van der Waals surface area contributed by atoms with Crippen LogP contribution in [0.5, 0.6) is 0 Å². The molecule has 3 rings (SSSR count). The number of aromatic carboxylic acids is 1. The highest BCUT2D eigenvalue weighted by molar-refractivity contribution is 7.87. The zero-order chi connectivity index (χ0) is 19.2. The molecule has 2 heterocycles. The second kappa shape index (κ2) is 6.19. The molecule has 3 aromatic rings. The molecule has 0 fully saturated rings. The Hall–Kier alpha value is -2.78. The van der Waals surface area contributed by atoms with Gasteiger partial charge in [0.25, 0.3) is 0 Å². The fraction of sp³-hybridized carbons (Fsp3) is 0.235. The number of benzene rings is 1. The third kappa shape index (κ3) is 2.74. The van der Waals surface area contributed by atoms with Crippen molar-refractivity contribution < 1.29 is 18.3 Å². The average molecular weight is 374 g/mol. The van der Waals surface area contributed by atoms with Gasteiger partial charge in [-0.05, 0) is 37.6 Å². The van der Waals surface area contributed by atoms with Crippen molar-refractivity contribution in [2.75, 3.05) is 14.1 Å². The number of carbonyl (C=O) groups is 1. The maximum atomic E-state index is 13.0. The number of fused-ring (bicyclic) bond motifs is 1. The van der Waals surface area contributed by atoms with E-state index in [2.05, 4.69) is 9.97 Å². The molecule has 136 valence electrons. The van der Waals surface area contributed by atoms with Gasteiger partial charge in [0.2, 0.25) is 0 Å². The van der Waals surface area contributed by atoms with Crippen LogP contribution < -0.4 is 0 Å². The molecule has 0 unspecified atom stereocenters. The third-order valence-electron chi connectivity index (χ3n) is 4.01. The second-order valence-corrected chi connectivity index (χ2v) is 8.08. The number of para-hydroxylation sites is 1. The minimum Gasteiger partial charge on any atom is -0.478 e. The monoisotopic (exact) mass is 374 g/mol. The normalized spacial score (nSPS) is 12.0. The average Bonchev–Trinajstić information content (AvgIpc) is 2.95. The summed E-state index contributed by atoms with van der Waals surface area (Å²) in [6, 6.07) is 8.14. The van der Waals surface area contributed by atoms with Crippen LogP contribution in [-0.4, -0.2) is 51.8 Å². The molecule has 0 aliphatic carbocycles. The van der Waals surface area contributed by atoms with Crippen molar-refractivity contribution >= 4 is 27.2 Å². The highest BCUT2D eigenvalue weighted by Crippen LogP contribution is 2.30. The number of rotatable bonds is 4. The summed E-state index contributed by atoms with van der Waals surface area (Å²) in [5, 5.41) is 9.51. The van der Waals surface area contributed by atoms with Crippen LogP contribution >= 0.6 is 0 Å². The first kappa shape index (κ1) is 18.0. The summed E-state index contributed by atoms with van der Waals surface area (Å²) in [5.74, 6) is -1.23. The minimum atomic E-state index is -3.96. The van der Waals surface area contributed by atoms with Gasteiger partial charge in [0.15, 0.2) is 5.82 Å². The molecule has 1 N–H and O–H groups in total. The van der Waals surface area contributed by atoms with Crippen LogP contribution in [0.2, 0.25) is 0 Å². The molecule has 8 nitrogen and oxygen atoms in total. The van der Waals surface area contributed by atoms with E-state index in [1.165, 1.54) is 20.2 Å². The van der Waals surface area contributed by atoms with E-state index in [0.29, 0.717) is 16.7 Å². The quantitative estimate of drug-likeness (QED) is 0.749. The second-order valence-electron chi connectivity index (χ2n) is 6.09. The summed E-state index contributed by atoms with van der Waals surface area (Å²) in [4.78, 5) is 20.4. The summed E-state index contributed by atoms with van der Waals surface area (Å²) in [6.07, 6.45) is 0. The number of nitrogens with zero attached hydrogens (tertiary/aromatic N) is 4. The number of hydrogen-bond acceptors (Lipinski definition) is 5. The number of carboxylic acid groups (broad SMARTS) is 1. The van der Waals surface area contributed by atoms with E-state index in [9.17, 15) is 18.3 Å². The van der Waals surface area contributed by atoms with Crippen molar-refractivity contribution in [3.8, 4) is 11.5 Å². The number of imidazole rings is 1. The van der Waals surface area contributed by atoms with Crippen LogP contribution in [0.1, 0.15) is 21.6 Å². The predicted molar refractivity (Wildman–Crippen MR) is 97.4 cm³/mol. The molecule has 0 bridgehead atoms. The number of pyridine rings is 1. The van der Waals surface area contributed by atoms with Crippen LogP contribution in [0, 0.1) is 13.8 Å². The van der Waals surface area contributed by atoms with Crippen LogP contribution in [0.25, 0.3) is 22.6 Å². The Morgan fingerprint density at radius 3 is 2.42 bits per heavy atom. The Bertz CT molecular complexity index is 1130. The van der Waals surface area contributed by atoms with Gasteiger partial charge in [-0.1, -0.05) is 12.1 Å². The van der Waals surface area contributed by atoms with Crippen molar-refractivity contribution in [3.05, 3.63) is 47.2 Å². The Labute approximate surface area is 150 Å². The minimum absolute atomic E-state index is 0.0125. The van der Waals surface area contributed by atoms with Crippen molar-refractivity contribution in [2.45, 2.75) is 13.8 Å². The van der Waals surface area contributed by atoms with E-state index < -0.39 is 16.2 Å². The predicted octanol–water partition coefficient (Wildman–Crippen LogP) is 2.07. The van der Waals surface area contributed by atoms with Crippen molar-refractivity contribution in [1.29, 1.82) is 0 Å². The SMILES string of the molecule is Cc1ccc(C(=O)O)c(-c2nc3c(C)cccc3n2S(=O)(=O)N(C)C)n1. The van der Waals surface area contributed by atoms with Gasteiger partial charge < -0.3 is 5.11 Å². The van der Waals surface area contributed by atoms with E-state index in [4.69, 9.17) is 0 Å². The number of carboxylic acids is 1. The molecule has 0 saturated carbocycles. The van der Waals surface area contributed by atoms with E-state index >= 15 is 0 Å². The molecule has 0 atom stereocenters. The summed E-state index contributed by atoms with van der Waals surface area (Å²) in [6.45, 7) is 3.52. The molecular formula is C17H18N4O4S.